The summed E-state index contributed by atoms with van der Waals surface area (Å²) in [5, 5.41) is 2.53. The second-order valence-electron chi connectivity index (χ2n) is 17.9. The highest BCUT2D eigenvalue weighted by Crippen LogP contribution is 2.48. The van der Waals surface area contributed by atoms with E-state index >= 15 is 0 Å². The molecule has 8 aromatic carbocycles. The zero-order chi connectivity index (χ0) is 42.0. The van der Waals surface area contributed by atoms with Crippen molar-refractivity contribution in [2.45, 2.75) is 75.5 Å². The highest BCUT2D eigenvalue weighted by atomic mass is 15.2. The van der Waals surface area contributed by atoms with E-state index in [4.69, 9.17) is 0 Å². The van der Waals surface area contributed by atoms with Crippen LogP contribution in [-0.2, 0) is 5.41 Å². The lowest BCUT2D eigenvalue weighted by atomic mass is 9.65. The van der Waals surface area contributed by atoms with E-state index in [1.807, 2.05) is 0 Å². The molecule has 2 aliphatic rings. The Bertz CT molecular complexity index is 2880. The first-order valence-corrected chi connectivity index (χ1v) is 23.3. The zero-order valence-corrected chi connectivity index (χ0v) is 36.1. The van der Waals surface area contributed by atoms with Crippen molar-refractivity contribution in [3.05, 3.63) is 223 Å². The second-order valence-corrected chi connectivity index (χ2v) is 17.9. The van der Waals surface area contributed by atoms with Gasteiger partial charge in [-0.1, -0.05) is 160 Å². The SMILES string of the molecule is c1ccc(N(c2ccccc2)c2ccc(C3(c4ccc(N(c5ccc(C6CCCCC6)cc5)c5cccc6c7ccccc7n(-c7ccccc7)c56)cc4)CCCCC3)cc2)cc1. The number of anilines is 6. The van der Waals surface area contributed by atoms with Crippen LogP contribution < -0.4 is 9.80 Å². The molecule has 1 heterocycles. The average molecular weight is 818 g/mol. The lowest BCUT2D eigenvalue weighted by Gasteiger charge is -2.39. The van der Waals surface area contributed by atoms with Crippen molar-refractivity contribution in [2.24, 2.45) is 0 Å². The van der Waals surface area contributed by atoms with Crippen molar-refractivity contribution in [2.75, 3.05) is 9.80 Å². The van der Waals surface area contributed by atoms with Gasteiger partial charge in [-0.2, -0.15) is 0 Å². The summed E-state index contributed by atoms with van der Waals surface area (Å²) < 4.78 is 2.47. The van der Waals surface area contributed by atoms with Crippen LogP contribution in [0.5, 0.6) is 0 Å². The predicted molar refractivity (Wildman–Crippen MR) is 266 cm³/mol. The van der Waals surface area contributed by atoms with E-state index in [1.165, 1.54) is 118 Å². The Hall–Kier alpha value is -6.84. The average Bonchev–Trinajstić information content (AvgIpc) is 3.71. The molecule has 2 fully saturated rings. The third kappa shape index (κ3) is 7.30. The molecule has 310 valence electrons. The van der Waals surface area contributed by atoms with Gasteiger partial charge in [-0.25, -0.2) is 0 Å². The van der Waals surface area contributed by atoms with Crippen molar-refractivity contribution in [3.8, 4) is 5.69 Å². The third-order valence-electron chi connectivity index (χ3n) is 14.2. The van der Waals surface area contributed by atoms with Crippen LogP contribution in [0, 0.1) is 0 Å². The minimum Gasteiger partial charge on any atom is -0.311 e. The standard InChI is InChI=1S/C60H55N3/c1-6-19-45(20-7-1)46-31-37-53(38-32-46)62(58-30-18-28-56-55-27-14-15-29-57(55)63(59(56)58)51-25-12-4-13-26-51)54-41-35-48(36-42-54)60(43-16-5-17-44-60)47-33-39-52(40-34-47)61(49-21-8-2-9-22-49)50-23-10-3-11-24-50/h2-4,8-15,18,21-42,45H,1,5-7,16-17,19-20,43-44H2. The van der Waals surface area contributed by atoms with E-state index in [0.717, 1.165) is 24.2 Å². The molecule has 0 unspecified atom stereocenters. The molecular weight excluding hydrogens is 763 g/mol. The van der Waals surface area contributed by atoms with Crippen molar-refractivity contribution >= 4 is 55.9 Å². The summed E-state index contributed by atoms with van der Waals surface area (Å²) in [4.78, 5) is 4.87. The molecule has 3 nitrogen and oxygen atoms in total. The molecule has 11 rings (SSSR count). The molecule has 0 radical (unpaired) electrons. The molecule has 3 heteroatoms. The van der Waals surface area contributed by atoms with Crippen molar-refractivity contribution in [3.63, 3.8) is 0 Å². The summed E-state index contributed by atoms with van der Waals surface area (Å²) in [7, 11) is 0. The molecule has 0 amide bonds. The van der Waals surface area contributed by atoms with E-state index in [0.29, 0.717) is 5.92 Å². The molecule has 0 N–H and O–H groups in total. The molecule has 2 saturated carbocycles. The molecule has 0 spiro atoms. The van der Waals surface area contributed by atoms with Crippen molar-refractivity contribution < 1.29 is 0 Å². The molecule has 0 aliphatic heterocycles. The van der Waals surface area contributed by atoms with Gasteiger partial charge in [0.1, 0.15) is 0 Å². The number of nitrogens with zero attached hydrogens (tertiary/aromatic N) is 3. The van der Waals surface area contributed by atoms with Crippen LogP contribution in [0.25, 0.3) is 27.5 Å². The van der Waals surface area contributed by atoms with Crippen LogP contribution in [0.1, 0.15) is 86.8 Å². The van der Waals surface area contributed by atoms with Gasteiger partial charge in [-0.3, -0.25) is 0 Å². The van der Waals surface area contributed by atoms with Crippen LogP contribution in [0.4, 0.5) is 34.1 Å². The maximum Gasteiger partial charge on any atom is 0.0782 e. The Morgan fingerprint density at radius 3 is 1.46 bits per heavy atom. The fraction of sp³-hybridized carbons (Fsp3) is 0.200. The van der Waals surface area contributed by atoms with E-state index in [2.05, 4.69) is 221 Å². The normalized spacial score (nSPS) is 15.4. The number of rotatable bonds is 10. The number of hydrogen-bond acceptors (Lipinski definition) is 2. The van der Waals surface area contributed by atoms with Crippen LogP contribution in [-0.4, -0.2) is 4.57 Å². The number of aromatic nitrogens is 1. The van der Waals surface area contributed by atoms with Gasteiger partial charge in [0, 0.05) is 50.3 Å². The van der Waals surface area contributed by atoms with E-state index in [9.17, 15) is 0 Å². The van der Waals surface area contributed by atoms with Gasteiger partial charge in [0.2, 0.25) is 0 Å². The molecular formula is C60H55N3. The second kappa shape index (κ2) is 17.1. The van der Waals surface area contributed by atoms with E-state index in [-0.39, 0.29) is 5.41 Å². The summed E-state index contributed by atoms with van der Waals surface area (Å²) in [6.07, 6.45) is 12.7. The lowest BCUT2D eigenvalue weighted by Crippen LogP contribution is -2.30. The first kappa shape index (κ1) is 39.0. The minimum absolute atomic E-state index is 0.0497. The summed E-state index contributed by atoms with van der Waals surface area (Å²) in [5.74, 6) is 0.657. The van der Waals surface area contributed by atoms with Crippen molar-refractivity contribution in [1.82, 2.24) is 4.57 Å². The molecule has 63 heavy (non-hydrogen) atoms. The van der Waals surface area contributed by atoms with Crippen LogP contribution in [0.15, 0.2) is 206 Å². The lowest BCUT2D eigenvalue weighted by molar-refractivity contribution is 0.346. The topological polar surface area (TPSA) is 11.4 Å². The van der Waals surface area contributed by atoms with Gasteiger partial charge < -0.3 is 14.4 Å². The van der Waals surface area contributed by atoms with Gasteiger partial charge in [0.15, 0.2) is 0 Å². The van der Waals surface area contributed by atoms with Crippen LogP contribution >= 0.6 is 0 Å². The summed E-state index contributed by atoms with van der Waals surface area (Å²) in [5.41, 5.74) is 14.9. The van der Waals surface area contributed by atoms with Crippen molar-refractivity contribution in [1.29, 1.82) is 0 Å². The van der Waals surface area contributed by atoms with Gasteiger partial charge in [0.05, 0.1) is 16.7 Å². The van der Waals surface area contributed by atoms with Gasteiger partial charge in [0.25, 0.3) is 0 Å². The molecule has 9 aromatic rings. The summed E-state index contributed by atoms with van der Waals surface area (Å²) in [6, 6.07) is 76.8. The largest absolute Gasteiger partial charge is 0.311 e. The highest BCUT2D eigenvalue weighted by Gasteiger charge is 2.36. The Labute approximate surface area is 372 Å². The maximum absolute atomic E-state index is 2.51. The number of para-hydroxylation sites is 5. The third-order valence-corrected chi connectivity index (χ3v) is 14.2. The van der Waals surface area contributed by atoms with Crippen LogP contribution in [0.2, 0.25) is 0 Å². The molecule has 2 aliphatic carbocycles. The van der Waals surface area contributed by atoms with Gasteiger partial charge in [-0.15, -0.1) is 0 Å². The quantitative estimate of drug-likeness (QED) is 0.136. The highest BCUT2D eigenvalue weighted by molar-refractivity contribution is 6.14. The maximum atomic E-state index is 2.51. The molecule has 1 aromatic heterocycles. The zero-order valence-electron chi connectivity index (χ0n) is 36.1. The number of hydrogen-bond donors (Lipinski definition) is 0. The molecule has 0 atom stereocenters. The first-order chi connectivity index (χ1) is 31.2. The molecule has 0 bridgehead atoms. The summed E-state index contributed by atoms with van der Waals surface area (Å²) in [6.45, 7) is 0. The first-order valence-electron chi connectivity index (χ1n) is 23.3. The number of benzene rings is 8. The monoisotopic (exact) mass is 817 g/mol. The Kier molecular flexibility index (Phi) is 10.6. The smallest absolute Gasteiger partial charge is 0.0782 e. The number of fused-ring (bicyclic) bond motifs is 3. The fourth-order valence-electron chi connectivity index (χ4n) is 11.1. The predicted octanol–water partition coefficient (Wildman–Crippen LogP) is 17.0. The molecule has 0 saturated heterocycles. The van der Waals surface area contributed by atoms with E-state index < -0.39 is 0 Å². The summed E-state index contributed by atoms with van der Waals surface area (Å²) >= 11 is 0. The fourth-order valence-corrected chi connectivity index (χ4v) is 11.1. The van der Waals surface area contributed by atoms with E-state index in [1.54, 1.807) is 0 Å². The Morgan fingerprint density at radius 2 is 0.857 bits per heavy atom. The minimum atomic E-state index is -0.0497. The van der Waals surface area contributed by atoms with Gasteiger partial charge >= 0.3 is 0 Å². The van der Waals surface area contributed by atoms with Crippen LogP contribution in [0.3, 0.4) is 0 Å². The Morgan fingerprint density at radius 1 is 0.381 bits per heavy atom. The Balaban J connectivity index is 1.02. The van der Waals surface area contributed by atoms with Gasteiger partial charge in [-0.05, 0) is 133 Å².